The zero-order chi connectivity index (χ0) is 20.7. The van der Waals surface area contributed by atoms with Gasteiger partial charge >= 0.3 is 0 Å². The van der Waals surface area contributed by atoms with Gasteiger partial charge in [0.15, 0.2) is 11.5 Å². The molecule has 0 radical (unpaired) electrons. The van der Waals surface area contributed by atoms with E-state index in [9.17, 15) is 0 Å². The lowest BCUT2D eigenvalue weighted by Gasteiger charge is -2.18. The maximum atomic E-state index is 6.13. The van der Waals surface area contributed by atoms with Crippen LogP contribution in [0.5, 0.6) is 5.88 Å². The van der Waals surface area contributed by atoms with Gasteiger partial charge in [0.1, 0.15) is 17.0 Å². The van der Waals surface area contributed by atoms with Crippen LogP contribution in [-0.4, -0.2) is 42.0 Å². The summed E-state index contributed by atoms with van der Waals surface area (Å²) < 4.78 is 5.57. The van der Waals surface area contributed by atoms with Gasteiger partial charge in [-0.15, -0.1) is 0 Å². The Morgan fingerprint density at radius 2 is 2.03 bits per heavy atom. The number of aromatic amines is 2. The molecule has 1 atom stereocenters. The predicted octanol–water partition coefficient (Wildman–Crippen LogP) is 3.59. The quantitative estimate of drug-likeness (QED) is 0.336. The number of methoxy groups -OCH3 is 1. The van der Waals surface area contributed by atoms with Crippen molar-refractivity contribution in [2.24, 2.45) is 0 Å². The molecule has 10 nitrogen and oxygen atoms in total. The van der Waals surface area contributed by atoms with E-state index in [2.05, 4.69) is 47.9 Å². The van der Waals surface area contributed by atoms with E-state index in [1.807, 2.05) is 18.3 Å². The van der Waals surface area contributed by atoms with E-state index in [-0.39, 0.29) is 12.1 Å². The molecule has 0 amide bonds. The Labute approximate surface area is 177 Å². The molecule has 0 aliphatic carbocycles. The number of hydrogen-bond donors (Lipinski definition) is 4. The average Bonchev–Trinajstić information content (AvgIpc) is 3.41. The van der Waals surface area contributed by atoms with Gasteiger partial charge in [0.05, 0.1) is 13.4 Å². The van der Waals surface area contributed by atoms with Crippen LogP contribution in [0.1, 0.15) is 30.7 Å². The molecule has 0 spiro atoms. The Kier molecular flexibility index (Phi) is 5.22. The smallest absolute Gasteiger partial charge is 0.217 e. The highest BCUT2D eigenvalue weighted by molar-refractivity contribution is 5.93. The van der Waals surface area contributed by atoms with Crippen LogP contribution >= 0.6 is 0 Å². The Morgan fingerprint density at radius 1 is 1.16 bits per heavy atom. The summed E-state index contributed by atoms with van der Waals surface area (Å²) in [6, 6.07) is 6.02. The summed E-state index contributed by atoms with van der Waals surface area (Å²) in [5.74, 6) is 1.34. The van der Waals surface area contributed by atoms with Gasteiger partial charge in [-0.3, -0.25) is 0 Å². The molecule has 10 heteroatoms. The van der Waals surface area contributed by atoms with Crippen molar-refractivity contribution in [3.63, 3.8) is 0 Å². The van der Waals surface area contributed by atoms with Crippen molar-refractivity contribution in [3.05, 3.63) is 54.5 Å². The van der Waals surface area contributed by atoms with Gasteiger partial charge in [-0.05, 0) is 24.6 Å². The molecule has 0 fully saturated rings. The second-order valence-electron chi connectivity index (χ2n) is 6.95. The first-order chi connectivity index (χ1) is 14.7. The standard InChI is InChI=1S/C21H20N8O.H3N/c1-3-12(19-28-17(22)16-20(29-19)27-10-26-16)14-7-11(8-25-21(14)30-2)15-9-24-18-13(15)5-4-6-23-18;/h4-10,12H,3H2,1-2H3,(H,23,24)(H3,22,26,27,28,29);1H3. The van der Waals surface area contributed by atoms with Gasteiger partial charge in [-0.2, -0.15) is 0 Å². The normalized spacial score (nSPS) is 12.1. The summed E-state index contributed by atoms with van der Waals surface area (Å²) in [5.41, 5.74) is 11.0. The summed E-state index contributed by atoms with van der Waals surface area (Å²) in [5, 5.41) is 1.03. The summed E-state index contributed by atoms with van der Waals surface area (Å²) >= 11 is 0. The van der Waals surface area contributed by atoms with Crippen molar-refractivity contribution in [1.29, 1.82) is 0 Å². The number of pyridine rings is 2. The number of nitrogens with one attached hydrogen (secondary N) is 2. The maximum Gasteiger partial charge on any atom is 0.217 e. The molecule has 0 saturated carbocycles. The lowest BCUT2D eigenvalue weighted by molar-refractivity contribution is 0.389. The number of aromatic nitrogens is 7. The van der Waals surface area contributed by atoms with Crippen molar-refractivity contribution in [3.8, 4) is 17.0 Å². The first-order valence-corrected chi connectivity index (χ1v) is 9.62. The third kappa shape index (κ3) is 3.32. The third-order valence-corrected chi connectivity index (χ3v) is 5.26. The molecule has 5 rings (SSSR count). The van der Waals surface area contributed by atoms with Crippen molar-refractivity contribution < 1.29 is 4.74 Å². The molecule has 0 aliphatic heterocycles. The van der Waals surface area contributed by atoms with Crippen LogP contribution in [0.4, 0.5) is 5.82 Å². The molecule has 1 unspecified atom stereocenters. The van der Waals surface area contributed by atoms with Gasteiger partial charge in [0.25, 0.3) is 0 Å². The van der Waals surface area contributed by atoms with E-state index in [0.29, 0.717) is 28.7 Å². The Bertz CT molecular complexity index is 1360. The van der Waals surface area contributed by atoms with E-state index in [0.717, 1.165) is 34.1 Å². The highest BCUT2D eigenvalue weighted by Gasteiger charge is 2.23. The number of ether oxygens (including phenoxy) is 1. The van der Waals surface area contributed by atoms with Gasteiger partial charge in [0, 0.05) is 46.6 Å². The topological polar surface area (TPSA) is 166 Å². The second-order valence-corrected chi connectivity index (χ2v) is 6.95. The molecular formula is C21H23N9O. The van der Waals surface area contributed by atoms with E-state index < -0.39 is 0 Å². The van der Waals surface area contributed by atoms with Crippen LogP contribution in [-0.2, 0) is 0 Å². The third-order valence-electron chi connectivity index (χ3n) is 5.26. The lowest BCUT2D eigenvalue weighted by atomic mass is 9.94. The highest BCUT2D eigenvalue weighted by Crippen LogP contribution is 2.36. The van der Waals surface area contributed by atoms with Gasteiger partial charge in [-0.1, -0.05) is 6.92 Å². The van der Waals surface area contributed by atoms with Crippen molar-refractivity contribution >= 4 is 28.0 Å². The number of fused-ring (bicyclic) bond motifs is 2. The monoisotopic (exact) mass is 417 g/mol. The average molecular weight is 417 g/mol. The minimum atomic E-state index is -0.154. The molecule has 0 saturated heterocycles. The minimum Gasteiger partial charge on any atom is -0.481 e. The Hall–Kier alpha value is -4.05. The highest BCUT2D eigenvalue weighted by atomic mass is 16.5. The maximum absolute atomic E-state index is 6.13. The number of hydrogen-bond acceptors (Lipinski definition) is 8. The van der Waals surface area contributed by atoms with Gasteiger partial charge < -0.3 is 26.6 Å². The van der Waals surface area contributed by atoms with E-state index in [4.69, 9.17) is 10.5 Å². The molecule has 0 bridgehead atoms. The molecule has 0 aliphatic rings. The fourth-order valence-electron chi connectivity index (χ4n) is 3.80. The van der Waals surface area contributed by atoms with Crippen LogP contribution in [0.3, 0.4) is 0 Å². The zero-order valence-corrected chi connectivity index (χ0v) is 17.3. The minimum absolute atomic E-state index is 0. The number of nitrogens with zero attached hydrogens (tertiary/aromatic N) is 5. The molecule has 5 aromatic rings. The number of nitrogens with two attached hydrogens (primary N) is 1. The molecule has 0 aromatic carbocycles. The lowest BCUT2D eigenvalue weighted by Crippen LogP contribution is -2.10. The summed E-state index contributed by atoms with van der Waals surface area (Å²) in [7, 11) is 1.61. The van der Waals surface area contributed by atoms with Crippen LogP contribution in [0.2, 0.25) is 0 Å². The first kappa shape index (κ1) is 20.2. The second kappa shape index (κ2) is 8.00. The zero-order valence-electron chi connectivity index (χ0n) is 17.3. The number of imidazole rings is 1. The summed E-state index contributed by atoms with van der Waals surface area (Å²) in [4.78, 5) is 28.5. The van der Waals surface area contributed by atoms with Crippen LogP contribution in [0.15, 0.2) is 43.1 Å². The number of anilines is 1. The van der Waals surface area contributed by atoms with Crippen molar-refractivity contribution in [2.75, 3.05) is 12.8 Å². The molecule has 31 heavy (non-hydrogen) atoms. The van der Waals surface area contributed by atoms with Crippen LogP contribution in [0.25, 0.3) is 33.3 Å². The fraction of sp³-hybridized carbons (Fsp3) is 0.190. The Morgan fingerprint density at radius 3 is 2.84 bits per heavy atom. The van der Waals surface area contributed by atoms with Gasteiger partial charge in [0.2, 0.25) is 5.88 Å². The SMILES string of the molecule is CCC(c1nc(N)c2[nH]cnc2n1)c1cc(-c2c[nH]c3ncccc23)cnc1OC.N. The van der Waals surface area contributed by atoms with Crippen LogP contribution in [0, 0.1) is 0 Å². The number of rotatable bonds is 5. The summed E-state index contributed by atoms with van der Waals surface area (Å²) in [6.45, 7) is 2.07. The van der Waals surface area contributed by atoms with E-state index >= 15 is 0 Å². The molecule has 5 heterocycles. The largest absolute Gasteiger partial charge is 0.481 e. The van der Waals surface area contributed by atoms with Crippen molar-refractivity contribution in [2.45, 2.75) is 19.3 Å². The number of nitrogen functional groups attached to an aromatic ring is 1. The fourth-order valence-corrected chi connectivity index (χ4v) is 3.80. The molecule has 7 N–H and O–H groups in total. The van der Waals surface area contributed by atoms with Gasteiger partial charge in [-0.25, -0.2) is 24.9 Å². The van der Waals surface area contributed by atoms with Crippen molar-refractivity contribution in [1.82, 2.24) is 41.0 Å². The molecule has 5 aromatic heterocycles. The first-order valence-electron chi connectivity index (χ1n) is 9.62. The number of H-pyrrole nitrogens is 2. The molecular weight excluding hydrogens is 394 g/mol. The Balaban J connectivity index is 0.00000231. The van der Waals surface area contributed by atoms with E-state index in [1.54, 1.807) is 25.8 Å². The van der Waals surface area contributed by atoms with Crippen LogP contribution < -0.4 is 16.6 Å². The molecule has 158 valence electrons. The predicted molar refractivity (Wildman–Crippen MR) is 119 cm³/mol. The van der Waals surface area contributed by atoms with E-state index in [1.165, 1.54) is 0 Å². The summed E-state index contributed by atoms with van der Waals surface area (Å²) in [6.07, 6.45) is 7.81.